The van der Waals surface area contributed by atoms with Crippen molar-refractivity contribution in [2.24, 2.45) is 57.8 Å². The Labute approximate surface area is 839 Å². The summed E-state index contributed by atoms with van der Waals surface area (Å²) in [7, 11) is 0. The molecule has 0 radical (unpaired) electrons. The quantitative estimate of drug-likeness (QED) is 0.0305. The summed E-state index contributed by atoms with van der Waals surface area (Å²) in [5.74, 6) is -15.5. The van der Waals surface area contributed by atoms with E-state index in [1.165, 1.54) is 65.2 Å². The number of primary amides is 1. The van der Waals surface area contributed by atoms with Crippen molar-refractivity contribution >= 4 is 141 Å². The molecule has 1 aromatic carbocycles. The molecule has 26 N–H and O–H groups in total. The van der Waals surface area contributed by atoms with Gasteiger partial charge in [0.1, 0.15) is 96.7 Å². The number of nitrogens with zero attached hydrogens (tertiary/aromatic N) is 4. The Morgan fingerprint density at radius 3 is 1.24 bits per heavy atom. The number of amides is 19. The molecule has 1 aliphatic carbocycles. The summed E-state index contributed by atoms with van der Waals surface area (Å²) in [6.07, 6.45) is 10.6. The molecule has 5 saturated heterocycles. The van der Waals surface area contributed by atoms with Gasteiger partial charge in [-0.25, -0.2) is 0 Å². The van der Waals surface area contributed by atoms with Crippen molar-refractivity contribution in [2.45, 2.75) is 345 Å². The minimum atomic E-state index is -1.29. The van der Waals surface area contributed by atoms with Gasteiger partial charge in [-0.15, -0.1) is 0 Å². The number of nitrogens with two attached hydrogens (primary N) is 5. The Kier molecular flexibility index (Phi) is 45.7. The number of carbonyl (C=O) groups is 20. The molecule has 143 heavy (non-hydrogen) atoms. The fourth-order valence-electron chi connectivity index (χ4n) is 19.1. The number of carbonyl (C=O) groups excluding carboxylic acids is 19. The maximum atomic E-state index is 14.5. The Morgan fingerprint density at radius 1 is 0.434 bits per heavy atom. The Morgan fingerprint density at radius 2 is 0.818 bits per heavy atom. The lowest BCUT2D eigenvalue weighted by molar-refractivity contribution is -0.155. The van der Waals surface area contributed by atoms with Crippen molar-refractivity contribution in [3.63, 3.8) is 0 Å². The first-order valence-electron chi connectivity index (χ1n) is 50.7. The number of nitrogens with one attached hydrogen (secondary N) is 15. The summed E-state index contributed by atoms with van der Waals surface area (Å²) in [5, 5.41) is 47.7. The largest absolute Gasteiger partial charge is 0.481 e. The zero-order valence-corrected chi connectivity index (χ0v) is 85.3. The zero-order valence-electron chi connectivity index (χ0n) is 84.5. The van der Waals surface area contributed by atoms with E-state index >= 15 is 0 Å². The van der Waals surface area contributed by atoms with Crippen LogP contribution in [0.1, 0.15) is 236 Å². The van der Waals surface area contributed by atoms with Crippen LogP contribution in [0.4, 0.5) is 0 Å². The fourth-order valence-corrected chi connectivity index (χ4v) is 20.5. The number of hydrogen-bond acceptors (Lipinski definition) is 25. The van der Waals surface area contributed by atoms with Crippen molar-refractivity contribution in [3.8, 4) is 0 Å². The van der Waals surface area contributed by atoms with Crippen LogP contribution in [0.15, 0.2) is 30.5 Å². The van der Waals surface area contributed by atoms with Gasteiger partial charge in [-0.3, -0.25) is 95.9 Å². The van der Waals surface area contributed by atoms with E-state index < -0.39 is 232 Å². The number of carboxylic acids is 1. The normalized spacial score (nSPS) is 21.2. The first-order valence-corrected chi connectivity index (χ1v) is 51.8. The Hall–Kier alpha value is -11.7. The van der Waals surface area contributed by atoms with Gasteiger partial charge < -0.3 is 133 Å². The lowest BCUT2D eigenvalue weighted by atomic mass is 9.78. The van der Waals surface area contributed by atoms with E-state index in [4.69, 9.17) is 28.7 Å². The summed E-state index contributed by atoms with van der Waals surface area (Å²) in [6.45, 7) is 18.7. The van der Waals surface area contributed by atoms with Gasteiger partial charge in [0.05, 0.1) is 11.8 Å². The molecule has 1 unspecified atom stereocenters. The standard InChI is InChI=1S/C97H156N24O21S/c1-52(105-80(125)54(3)107-82(127)56(5)109-84(129)58(7)111-91(136)75-33-32-63-51-143-64-47-76(95(140)121(63)75)120(50-64)93(138)66-25-12-13-26-67(66)96(141)142)78(123)104-53(2)79(124)106-55(4)81(126)108-57(6)83(128)110-59(8)85(130)117-74(48-97(9,10)11)94(139)119-44-36-61(37-45-119)92(137)118-42-34-60(35-43-118)86(131)112-69(28-16-20-38-98)87(132)113-70(29-17-21-39-99)88(133)114-71(30-18-22-40-100)89(134)115-72(31-19-23-41-101)90(135)116-73(77(102)122)46-62-49-103-68-27-15-14-24-65(62)68/h14-15,24,27,49,52-61,63-64,66-67,69-76,103H,12-13,16-23,25-26,28-48,50-51,98-101H2,1-11H3,(H2,102,122)(H,104,123)(H,105,125)(H,106,124)(H,107,127)(H,108,126)(H,109,129)(H,110,128)(H,111,136)(H,112,131)(H,113,132)(H,114,133)(H,115,134)(H,116,135)(H,117,130)(H,141,142)/t52-,53-,54-,55-,56-,57-,58-,59-,63?,64+,66+,67+,69-,70-,71-,72-,73-,74-,75-,76+/m0/s1. The first-order chi connectivity index (χ1) is 67.8. The van der Waals surface area contributed by atoms with Gasteiger partial charge in [-0.05, 0) is 240 Å². The van der Waals surface area contributed by atoms with E-state index in [0.717, 1.165) is 16.5 Å². The molecule has 8 rings (SSSR count). The highest BCUT2D eigenvalue weighted by Crippen LogP contribution is 2.41. The number of piperidine rings is 2. The van der Waals surface area contributed by atoms with Crippen LogP contribution in [0.3, 0.4) is 0 Å². The van der Waals surface area contributed by atoms with Crippen LogP contribution in [-0.4, -0.2) is 321 Å². The molecular formula is C97H156N24O21S. The van der Waals surface area contributed by atoms with Crippen molar-refractivity contribution in [1.29, 1.82) is 0 Å². The van der Waals surface area contributed by atoms with Crippen molar-refractivity contribution in [1.82, 2.24) is 99.0 Å². The number of H-pyrrole nitrogens is 1. The van der Waals surface area contributed by atoms with E-state index in [-0.39, 0.29) is 114 Å². The number of aromatic amines is 1. The van der Waals surface area contributed by atoms with Crippen LogP contribution in [0.2, 0.25) is 0 Å². The molecule has 6 heterocycles. The number of aromatic nitrogens is 1. The van der Waals surface area contributed by atoms with Gasteiger partial charge >= 0.3 is 5.97 Å². The van der Waals surface area contributed by atoms with Crippen LogP contribution < -0.4 is 103 Å². The zero-order chi connectivity index (χ0) is 105. The molecule has 6 aliphatic rings. The van der Waals surface area contributed by atoms with Crippen molar-refractivity contribution in [2.75, 3.05) is 64.7 Å². The van der Waals surface area contributed by atoms with Crippen LogP contribution in [0.25, 0.3) is 10.9 Å². The summed E-state index contributed by atoms with van der Waals surface area (Å²) < 4.78 is 0. The Balaban J connectivity index is 0.739. The van der Waals surface area contributed by atoms with Gasteiger partial charge in [0.15, 0.2) is 0 Å². The molecule has 1 aromatic heterocycles. The molecule has 45 nitrogen and oxygen atoms in total. The molecule has 46 heteroatoms. The highest BCUT2D eigenvalue weighted by atomic mass is 32.2. The maximum Gasteiger partial charge on any atom is 0.307 e. The average Bonchev–Trinajstić information content (AvgIpc) is 1.61. The minimum Gasteiger partial charge on any atom is -0.481 e. The van der Waals surface area contributed by atoms with Crippen LogP contribution >= 0.6 is 11.8 Å². The number of benzene rings is 1. The van der Waals surface area contributed by atoms with E-state index in [9.17, 15) is 101 Å². The summed E-state index contributed by atoms with van der Waals surface area (Å²) in [4.78, 5) is 285. The first kappa shape index (κ1) is 117. The van der Waals surface area contributed by atoms with Gasteiger partial charge in [-0.1, -0.05) is 51.8 Å². The third-order valence-corrected chi connectivity index (χ3v) is 29.1. The van der Waals surface area contributed by atoms with Crippen LogP contribution in [-0.2, 0) is 102 Å². The number of likely N-dealkylation sites (tertiary alicyclic amines) is 3. The van der Waals surface area contributed by atoms with E-state index in [0.29, 0.717) is 135 Å². The lowest BCUT2D eigenvalue weighted by Gasteiger charge is -2.38. The van der Waals surface area contributed by atoms with E-state index in [1.54, 1.807) is 27.8 Å². The number of unbranched alkanes of at least 4 members (excludes halogenated alkanes) is 4. The third kappa shape index (κ3) is 34.3. The molecule has 0 spiro atoms. The number of rotatable bonds is 52. The minimum absolute atomic E-state index is 0.0295. The molecule has 2 bridgehead atoms. The second kappa shape index (κ2) is 56.0. The summed E-state index contributed by atoms with van der Waals surface area (Å²) in [5.41, 5.74) is 30.4. The molecule has 1 saturated carbocycles. The van der Waals surface area contributed by atoms with Gasteiger partial charge in [0.25, 0.3) is 0 Å². The molecule has 20 atom stereocenters. The number of fused-ring (bicyclic) bond motifs is 4. The predicted octanol–water partition coefficient (Wildman–Crippen LogP) is -2.46. The van der Waals surface area contributed by atoms with Crippen molar-refractivity contribution < 1.29 is 101 Å². The molecule has 5 aliphatic heterocycles. The Bertz CT molecular complexity index is 4790. The highest BCUT2D eigenvalue weighted by Gasteiger charge is 2.53. The van der Waals surface area contributed by atoms with E-state index in [1.807, 2.05) is 45.0 Å². The average molecular weight is 2030 g/mol. The molecule has 6 fully saturated rings. The number of thioether (sulfide) groups is 1. The second-order valence-electron chi connectivity index (χ2n) is 40.3. The molecular weight excluding hydrogens is 1870 g/mol. The SMILES string of the molecule is C[C@H](NC(=O)[C@H](C)NC(=O)[C@H](C)NC(=O)[C@H](C)NC(=O)[C@H](C)NC(=O)[C@@H]1CCC2CS[C@@H]3C[C@H](C(=O)N21)N(C(=O)[C@@H]1CCCC[C@H]1C(=O)O)C3)C(=O)N[C@@H](C)C(=O)N[C@@H](C)C(=O)N[C@@H](C)C(=O)N[C@@H](CC(C)(C)C)C(=O)N1CCC(C(=O)N2CCC(C(=O)N[C@@H](CCCCN)C(=O)N[C@@H](CCCCN)C(=O)N[C@@H](CCCCN)C(=O)N[C@@H](CCCCN)C(=O)N[C@@H](Cc3c[nH]c4ccccc34)C(N)=O)CC2)CC1. The lowest BCUT2D eigenvalue weighted by Crippen LogP contribution is -2.59. The maximum absolute atomic E-state index is 14.5. The van der Waals surface area contributed by atoms with Crippen LogP contribution in [0, 0.1) is 29.1 Å². The predicted molar refractivity (Wildman–Crippen MR) is 531 cm³/mol. The summed E-state index contributed by atoms with van der Waals surface area (Å²) >= 11 is 1.62. The summed E-state index contributed by atoms with van der Waals surface area (Å²) in [6, 6.07) is -11.7. The topological polar surface area (TPSA) is 689 Å². The second-order valence-corrected chi connectivity index (χ2v) is 41.6. The molecule has 796 valence electrons. The van der Waals surface area contributed by atoms with E-state index in [2.05, 4.69) is 79.4 Å². The number of carboxylic acid groups (broad SMARTS) is 1. The van der Waals surface area contributed by atoms with Crippen LogP contribution in [0.5, 0.6) is 0 Å². The fraction of sp³-hybridized carbons (Fsp3) is 0.711. The van der Waals surface area contributed by atoms with Gasteiger partial charge in [0, 0.05) is 85.1 Å². The van der Waals surface area contributed by atoms with Crippen molar-refractivity contribution in [3.05, 3.63) is 36.0 Å². The smallest absolute Gasteiger partial charge is 0.307 e. The monoisotopic (exact) mass is 2030 g/mol. The highest BCUT2D eigenvalue weighted by molar-refractivity contribution is 8.00. The number of hydrogen-bond donors (Lipinski definition) is 21. The number of para-hydroxylation sites is 1. The molecule has 19 amide bonds. The number of aliphatic carboxylic acids is 1. The van der Waals surface area contributed by atoms with Gasteiger partial charge in [-0.2, -0.15) is 11.8 Å². The molecule has 2 aromatic rings. The third-order valence-electron chi connectivity index (χ3n) is 27.7. The van der Waals surface area contributed by atoms with Gasteiger partial charge in [0.2, 0.25) is 112 Å².